The molecule has 1 heterocycles. The van der Waals surface area contributed by atoms with Gasteiger partial charge in [-0.1, -0.05) is 17.7 Å². The molecule has 0 saturated heterocycles. The number of hydrogen-bond donors (Lipinski definition) is 0. The maximum Gasteiger partial charge on any atom is 0.519 e. The van der Waals surface area contributed by atoms with Gasteiger partial charge in [-0.3, -0.25) is 0 Å². The first-order valence-electron chi connectivity index (χ1n) is 4.07. The average molecular weight is 208 g/mol. The van der Waals surface area contributed by atoms with Gasteiger partial charge >= 0.3 is 5.82 Å². The summed E-state index contributed by atoms with van der Waals surface area (Å²) < 4.78 is 9.28. The number of aryl methyl sites for hydroxylation is 1. The van der Waals surface area contributed by atoms with Crippen molar-refractivity contribution < 1.29 is 8.83 Å². The second-order valence-electron chi connectivity index (χ2n) is 2.82. The highest BCUT2D eigenvalue weighted by Gasteiger charge is 2.02. The van der Waals surface area contributed by atoms with Gasteiger partial charge in [-0.25, -0.2) is 4.79 Å². The van der Waals surface area contributed by atoms with Crippen LogP contribution in [0.15, 0.2) is 54.1 Å². The van der Waals surface area contributed by atoms with Crippen molar-refractivity contribution in [3.63, 3.8) is 0 Å². The summed E-state index contributed by atoms with van der Waals surface area (Å²) in [5, 5.41) is 0.471. The van der Waals surface area contributed by atoms with Crippen LogP contribution in [0.1, 0.15) is 5.56 Å². The first kappa shape index (κ1) is 9.15. The molecule has 0 radical (unpaired) electrons. The SMILES string of the molecule is Cc1ccc(Sc2coc(=O)o2)cc1. The summed E-state index contributed by atoms with van der Waals surface area (Å²) in [5.74, 6) is -0.667. The van der Waals surface area contributed by atoms with E-state index in [1.807, 2.05) is 31.2 Å². The molecule has 0 aliphatic heterocycles. The van der Waals surface area contributed by atoms with E-state index in [2.05, 4.69) is 4.42 Å². The first-order valence-corrected chi connectivity index (χ1v) is 4.89. The lowest BCUT2D eigenvalue weighted by Crippen LogP contribution is -1.84. The van der Waals surface area contributed by atoms with Crippen molar-refractivity contribution in [1.29, 1.82) is 0 Å². The van der Waals surface area contributed by atoms with Gasteiger partial charge in [0.25, 0.3) is 0 Å². The Balaban J connectivity index is 2.19. The van der Waals surface area contributed by atoms with E-state index in [0.29, 0.717) is 5.09 Å². The molecule has 14 heavy (non-hydrogen) atoms. The van der Waals surface area contributed by atoms with Gasteiger partial charge < -0.3 is 8.83 Å². The monoisotopic (exact) mass is 208 g/mol. The minimum atomic E-state index is -0.667. The highest BCUT2D eigenvalue weighted by atomic mass is 32.2. The van der Waals surface area contributed by atoms with Crippen molar-refractivity contribution in [2.75, 3.05) is 0 Å². The van der Waals surface area contributed by atoms with Crippen molar-refractivity contribution >= 4 is 11.8 Å². The van der Waals surface area contributed by atoms with E-state index in [0.717, 1.165) is 4.90 Å². The van der Waals surface area contributed by atoms with E-state index in [-0.39, 0.29) is 0 Å². The standard InChI is InChI=1S/C10H8O3S/c1-7-2-4-8(5-3-7)14-9-6-12-10(11)13-9/h2-6H,1H3. The van der Waals surface area contributed by atoms with Crippen LogP contribution in [0.5, 0.6) is 0 Å². The van der Waals surface area contributed by atoms with Crippen LogP contribution in [-0.4, -0.2) is 0 Å². The molecule has 0 N–H and O–H groups in total. The molecule has 2 rings (SSSR count). The van der Waals surface area contributed by atoms with Gasteiger partial charge in [-0.05, 0) is 30.8 Å². The van der Waals surface area contributed by atoms with Gasteiger partial charge in [0.1, 0.15) is 6.26 Å². The summed E-state index contributed by atoms with van der Waals surface area (Å²) in [7, 11) is 0. The molecule has 2 aromatic rings. The van der Waals surface area contributed by atoms with Crippen LogP contribution in [0.3, 0.4) is 0 Å². The molecular formula is C10H8O3S. The van der Waals surface area contributed by atoms with Gasteiger partial charge in [0.2, 0.25) is 5.09 Å². The van der Waals surface area contributed by atoms with E-state index in [4.69, 9.17) is 4.42 Å². The zero-order chi connectivity index (χ0) is 9.97. The smallest absolute Gasteiger partial charge is 0.398 e. The van der Waals surface area contributed by atoms with Crippen LogP contribution in [-0.2, 0) is 0 Å². The van der Waals surface area contributed by atoms with Crippen LogP contribution in [0.25, 0.3) is 0 Å². The van der Waals surface area contributed by atoms with E-state index in [1.165, 1.54) is 23.6 Å². The molecule has 0 fully saturated rings. The zero-order valence-electron chi connectivity index (χ0n) is 7.52. The summed E-state index contributed by atoms with van der Waals surface area (Å²) in [6.07, 6.45) is 1.31. The Morgan fingerprint density at radius 1 is 1.21 bits per heavy atom. The van der Waals surface area contributed by atoms with E-state index >= 15 is 0 Å². The van der Waals surface area contributed by atoms with Crippen molar-refractivity contribution in [2.45, 2.75) is 16.9 Å². The molecule has 1 aromatic heterocycles. The van der Waals surface area contributed by atoms with Gasteiger partial charge in [0, 0.05) is 4.90 Å². The van der Waals surface area contributed by atoms with E-state index in [9.17, 15) is 4.79 Å². The molecule has 0 amide bonds. The summed E-state index contributed by atoms with van der Waals surface area (Å²) in [6, 6.07) is 7.93. The summed E-state index contributed by atoms with van der Waals surface area (Å²) in [5.41, 5.74) is 1.20. The molecule has 0 aliphatic carbocycles. The highest BCUT2D eigenvalue weighted by molar-refractivity contribution is 7.99. The largest absolute Gasteiger partial charge is 0.519 e. The van der Waals surface area contributed by atoms with E-state index in [1.54, 1.807) is 0 Å². The van der Waals surface area contributed by atoms with Crippen LogP contribution in [0.4, 0.5) is 0 Å². The minimum Gasteiger partial charge on any atom is -0.398 e. The molecule has 3 nitrogen and oxygen atoms in total. The maximum absolute atomic E-state index is 10.6. The molecular weight excluding hydrogens is 200 g/mol. The zero-order valence-corrected chi connectivity index (χ0v) is 8.34. The quantitative estimate of drug-likeness (QED) is 0.761. The van der Waals surface area contributed by atoms with Gasteiger partial charge in [-0.15, -0.1) is 0 Å². The molecule has 0 saturated carbocycles. The molecule has 0 bridgehead atoms. The Bertz CT molecular complexity index is 467. The van der Waals surface area contributed by atoms with Crippen molar-refractivity contribution in [3.8, 4) is 0 Å². The number of rotatable bonds is 2. The lowest BCUT2D eigenvalue weighted by Gasteiger charge is -1.96. The molecule has 72 valence electrons. The molecule has 0 spiro atoms. The second kappa shape index (κ2) is 3.75. The molecule has 0 atom stereocenters. The van der Waals surface area contributed by atoms with Gasteiger partial charge in [0.05, 0.1) is 0 Å². The maximum atomic E-state index is 10.6. The fourth-order valence-electron chi connectivity index (χ4n) is 0.994. The van der Waals surface area contributed by atoms with Gasteiger partial charge in [-0.2, -0.15) is 0 Å². The predicted molar refractivity (Wildman–Crippen MR) is 52.5 cm³/mol. The minimum absolute atomic E-state index is 0.471. The Labute approximate surface area is 84.7 Å². The lowest BCUT2D eigenvalue weighted by molar-refractivity contribution is 0.359. The lowest BCUT2D eigenvalue weighted by atomic mass is 10.2. The summed E-state index contributed by atoms with van der Waals surface area (Å²) in [6.45, 7) is 2.02. The average Bonchev–Trinajstić information content (AvgIpc) is 2.56. The molecule has 0 aliphatic rings. The topological polar surface area (TPSA) is 43.4 Å². The summed E-state index contributed by atoms with van der Waals surface area (Å²) in [4.78, 5) is 11.6. The van der Waals surface area contributed by atoms with E-state index < -0.39 is 5.82 Å². The van der Waals surface area contributed by atoms with Crippen LogP contribution >= 0.6 is 11.8 Å². The third-order valence-electron chi connectivity index (χ3n) is 1.67. The Morgan fingerprint density at radius 3 is 2.50 bits per heavy atom. The predicted octanol–water partition coefficient (Wildman–Crippen LogP) is 2.69. The summed E-state index contributed by atoms with van der Waals surface area (Å²) >= 11 is 1.36. The van der Waals surface area contributed by atoms with Crippen molar-refractivity contribution in [1.82, 2.24) is 0 Å². The van der Waals surface area contributed by atoms with Crippen molar-refractivity contribution in [3.05, 3.63) is 46.7 Å². The molecule has 1 aromatic carbocycles. The Morgan fingerprint density at radius 2 is 1.93 bits per heavy atom. The van der Waals surface area contributed by atoms with Crippen LogP contribution < -0.4 is 5.82 Å². The van der Waals surface area contributed by atoms with Crippen molar-refractivity contribution in [2.24, 2.45) is 0 Å². The second-order valence-corrected chi connectivity index (χ2v) is 3.90. The highest BCUT2D eigenvalue weighted by Crippen LogP contribution is 2.26. The molecule has 4 heteroatoms. The van der Waals surface area contributed by atoms with Crippen LogP contribution in [0.2, 0.25) is 0 Å². The number of benzene rings is 1. The normalized spacial score (nSPS) is 10.4. The fraction of sp³-hybridized carbons (Fsp3) is 0.100. The fourth-order valence-corrected chi connectivity index (χ4v) is 1.70. The Kier molecular flexibility index (Phi) is 2.45. The first-order chi connectivity index (χ1) is 6.74. The Hall–Kier alpha value is -1.42. The third-order valence-corrected chi connectivity index (χ3v) is 2.56. The van der Waals surface area contributed by atoms with Crippen LogP contribution in [0, 0.1) is 6.92 Å². The molecule has 0 unspecified atom stereocenters. The van der Waals surface area contributed by atoms with Gasteiger partial charge in [0.15, 0.2) is 0 Å². The number of hydrogen-bond acceptors (Lipinski definition) is 4. The third kappa shape index (κ3) is 2.09.